The van der Waals surface area contributed by atoms with Gasteiger partial charge in [0, 0.05) is 11.0 Å². The molecule has 1 aliphatic rings. The fourth-order valence-corrected chi connectivity index (χ4v) is 2.96. The summed E-state index contributed by atoms with van der Waals surface area (Å²) >= 11 is 0. The van der Waals surface area contributed by atoms with Crippen LogP contribution in [0.4, 0.5) is 0 Å². The molecule has 1 saturated carbocycles. The van der Waals surface area contributed by atoms with E-state index in [1.807, 2.05) is 0 Å². The van der Waals surface area contributed by atoms with Crippen LogP contribution >= 0.6 is 0 Å². The van der Waals surface area contributed by atoms with Crippen molar-refractivity contribution in [3.05, 3.63) is 35.4 Å². The Morgan fingerprint density at radius 2 is 2.11 bits per heavy atom. The molecule has 2 heteroatoms. The van der Waals surface area contributed by atoms with E-state index >= 15 is 0 Å². The van der Waals surface area contributed by atoms with Crippen LogP contribution in [-0.2, 0) is 0 Å². The number of hydrogen-bond acceptors (Lipinski definition) is 2. The van der Waals surface area contributed by atoms with Crippen molar-refractivity contribution in [2.75, 3.05) is 0 Å². The lowest BCUT2D eigenvalue weighted by Crippen LogP contribution is -2.25. The highest BCUT2D eigenvalue weighted by Gasteiger charge is 2.40. The minimum Gasteiger partial charge on any atom is -0.294 e. The first-order valence-corrected chi connectivity index (χ1v) is 6.64. The summed E-state index contributed by atoms with van der Waals surface area (Å²) in [6.45, 7) is 4.28. The number of carbonyl (C=O) groups excluding carboxylic acids is 1. The number of nitriles is 1. The third-order valence-electron chi connectivity index (χ3n) is 4.25. The van der Waals surface area contributed by atoms with Gasteiger partial charge in [-0.2, -0.15) is 5.26 Å². The summed E-state index contributed by atoms with van der Waals surface area (Å²) in [4.78, 5) is 12.5. The van der Waals surface area contributed by atoms with E-state index in [0.717, 1.165) is 31.2 Å². The summed E-state index contributed by atoms with van der Waals surface area (Å²) in [6, 6.07) is 9.09. The van der Waals surface area contributed by atoms with Gasteiger partial charge in [-0.25, -0.2) is 0 Å². The van der Waals surface area contributed by atoms with Gasteiger partial charge in [-0.1, -0.05) is 32.4 Å². The molecule has 0 N–H and O–H groups in total. The first-order chi connectivity index (χ1) is 8.59. The smallest absolute Gasteiger partial charge is 0.168 e. The van der Waals surface area contributed by atoms with Crippen LogP contribution in [0.25, 0.3) is 0 Å². The van der Waals surface area contributed by atoms with E-state index in [0.29, 0.717) is 11.5 Å². The lowest BCUT2D eigenvalue weighted by atomic mass is 9.80. The molecule has 2 unspecified atom stereocenters. The molecule has 0 saturated heterocycles. The Hall–Kier alpha value is -1.62. The monoisotopic (exact) mass is 241 g/mol. The Kier molecular flexibility index (Phi) is 3.52. The second-order valence-corrected chi connectivity index (χ2v) is 5.60. The minimum atomic E-state index is -0.200. The number of carbonyl (C=O) groups is 1. The molecule has 2 rings (SSSR count). The van der Waals surface area contributed by atoms with E-state index < -0.39 is 0 Å². The van der Waals surface area contributed by atoms with Crippen LogP contribution in [0.3, 0.4) is 0 Å². The molecule has 2 nitrogen and oxygen atoms in total. The average molecular weight is 241 g/mol. The highest BCUT2D eigenvalue weighted by Crippen LogP contribution is 2.44. The molecule has 0 aliphatic heterocycles. The van der Waals surface area contributed by atoms with Crippen LogP contribution < -0.4 is 0 Å². The van der Waals surface area contributed by atoms with Crippen molar-refractivity contribution in [3.8, 4) is 6.07 Å². The first-order valence-electron chi connectivity index (χ1n) is 6.64. The largest absolute Gasteiger partial charge is 0.294 e. The topological polar surface area (TPSA) is 40.9 Å². The minimum absolute atomic E-state index is 0.200. The third kappa shape index (κ3) is 2.31. The molecule has 0 aromatic heterocycles. The van der Waals surface area contributed by atoms with Crippen LogP contribution in [-0.4, -0.2) is 5.78 Å². The Morgan fingerprint density at radius 3 is 2.61 bits per heavy atom. The van der Waals surface area contributed by atoms with Gasteiger partial charge in [0.15, 0.2) is 5.78 Å². The van der Waals surface area contributed by atoms with Gasteiger partial charge >= 0.3 is 0 Å². The lowest BCUT2D eigenvalue weighted by molar-refractivity contribution is 0.0817. The lowest BCUT2D eigenvalue weighted by Gasteiger charge is -2.22. The zero-order valence-corrected chi connectivity index (χ0v) is 11.1. The van der Waals surface area contributed by atoms with Crippen LogP contribution in [0, 0.1) is 22.7 Å². The van der Waals surface area contributed by atoms with Crippen molar-refractivity contribution in [2.45, 2.75) is 39.5 Å². The molecular weight excluding hydrogens is 222 g/mol. The second-order valence-electron chi connectivity index (χ2n) is 5.60. The van der Waals surface area contributed by atoms with Crippen LogP contribution in [0.15, 0.2) is 24.3 Å². The number of benzene rings is 1. The van der Waals surface area contributed by atoms with Gasteiger partial charge in [-0.05, 0) is 37.3 Å². The maximum Gasteiger partial charge on any atom is 0.168 e. The summed E-state index contributed by atoms with van der Waals surface area (Å²) in [6.07, 6.45) is 4.32. The SMILES string of the molecule is CCC1CCC(C)(C(=O)c2ccc(C#N)cc2)C1. The van der Waals surface area contributed by atoms with Crippen LogP contribution in [0.2, 0.25) is 0 Å². The number of nitrogens with zero attached hydrogens (tertiary/aromatic N) is 1. The summed E-state index contributed by atoms with van der Waals surface area (Å²) in [5.41, 5.74) is 1.15. The molecule has 0 radical (unpaired) electrons. The Balaban J connectivity index is 2.18. The summed E-state index contributed by atoms with van der Waals surface area (Å²) < 4.78 is 0. The summed E-state index contributed by atoms with van der Waals surface area (Å²) in [5.74, 6) is 0.931. The van der Waals surface area contributed by atoms with Crippen molar-refractivity contribution in [1.29, 1.82) is 5.26 Å². The van der Waals surface area contributed by atoms with Gasteiger partial charge < -0.3 is 0 Å². The molecule has 0 bridgehead atoms. The first kappa shape index (κ1) is 12.8. The zero-order chi connectivity index (χ0) is 13.2. The summed E-state index contributed by atoms with van der Waals surface area (Å²) in [5, 5.41) is 8.76. The highest BCUT2D eigenvalue weighted by atomic mass is 16.1. The van der Waals surface area contributed by atoms with Crippen LogP contribution in [0.5, 0.6) is 0 Å². The van der Waals surface area contributed by atoms with E-state index in [-0.39, 0.29) is 11.2 Å². The maximum absolute atomic E-state index is 12.5. The van der Waals surface area contributed by atoms with E-state index in [1.54, 1.807) is 24.3 Å². The standard InChI is InChI=1S/C16H19NO/c1-3-12-8-9-16(2,10-12)15(18)14-6-4-13(11-17)5-7-14/h4-7,12H,3,8-10H2,1-2H3. The fraction of sp³-hybridized carbons (Fsp3) is 0.500. The zero-order valence-electron chi connectivity index (χ0n) is 11.1. The molecule has 0 heterocycles. The fourth-order valence-electron chi connectivity index (χ4n) is 2.96. The van der Waals surface area contributed by atoms with Gasteiger partial charge in [0.05, 0.1) is 11.6 Å². The molecule has 1 fully saturated rings. The Bertz CT molecular complexity index is 483. The molecule has 0 spiro atoms. The predicted octanol–water partition coefficient (Wildman–Crippen LogP) is 3.96. The molecule has 0 amide bonds. The van der Waals surface area contributed by atoms with Gasteiger partial charge in [-0.15, -0.1) is 0 Å². The second kappa shape index (κ2) is 4.94. The normalized spacial score (nSPS) is 26.8. The molecule has 1 aromatic carbocycles. The van der Waals surface area contributed by atoms with E-state index in [1.165, 1.54) is 0 Å². The van der Waals surface area contributed by atoms with Crippen molar-refractivity contribution in [3.63, 3.8) is 0 Å². The number of rotatable bonds is 3. The van der Waals surface area contributed by atoms with Crippen molar-refractivity contribution < 1.29 is 4.79 Å². The maximum atomic E-state index is 12.5. The van der Waals surface area contributed by atoms with Crippen molar-refractivity contribution >= 4 is 5.78 Å². The van der Waals surface area contributed by atoms with E-state index in [9.17, 15) is 4.79 Å². The van der Waals surface area contributed by atoms with Crippen molar-refractivity contribution in [1.82, 2.24) is 0 Å². The van der Waals surface area contributed by atoms with Gasteiger partial charge in [-0.3, -0.25) is 4.79 Å². The van der Waals surface area contributed by atoms with E-state index in [4.69, 9.17) is 5.26 Å². The molecule has 1 aromatic rings. The molecular formula is C16H19NO. The molecule has 2 atom stereocenters. The number of Topliss-reactive ketones (excluding diaryl/α,β-unsaturated/α-hetero) is 1. The Morgan fingerprint density at radius 1 is 1.44 bits per heavy atom. The Labute approximate surface area is 109 Å². The number of hydrogen-bond donors (Lipinski definition) is 0. The molecule has 1 aliphatic carbocycles. The third-order valence-corrected chi connectivity index (χ3v) is 4.25. The number of ketones is 1. The molecule has 94 valence electrons. The predicted molar refractivity (Wildman–Crippen MR) is 71.2 cm³/mol. The van der Waals surface area contributed by atoms with Crippen LogP contribution in [0.1, 0.15) is 55.5 Å². The van der Waals surface area contributed by atoms with E-state index in [2.05, 4.69) is 19.9 Å². The van der Waals surface area contributed by atoms with Gasteiger partial charge in [0.2, 0.25) is 0 Å². The summed E-state index contributed by atoms with van der Waals surface area (Å²) in [7, 11) is 0. The van der Waals surface area contributed by atoms with Gasteiger partial charge in [0.25, 0.3) is 0 Å². The van der Waals surface area contributed by atoms with Gasteiger partial charge in [0.1, 0.15) is 0 Å². The molecule has 18 heavy (non-hydrogen) atoms. The average Bonchev–Trinajstić information content (AvgIpc) is 2.81. The quantitative estimate of drug-likeness (QED) is 0.751. The van der Waals surface area contributed by atoms with Crippen molar-refractivity contribution in [2.24, 2.45) is 11.3 Å². The highest BCUT2D eigenvalue weighted by molar-refractivity contribution is 6.00.